The molecule has 3 aromatic rings. The maximum atomic E-state index is 12.1. The highest BCUT2D eigenvalue weighted by atomic mass is 32.1. The largest absolute Gasteiger partial charge is 0.493 e. The second-order valence-corrected chi connectivity index (χ2v) is 6.42. The van der Waals surface area contributed by atoms with Crippen molar-refractivity contribution in [2.75, 3.05) is 7.11 Å². The second-order valence-electron chi connectivity index (χ2n) is 5.42. The van der Waals surface area contributed by atoms with Crippen LogP contribution in [-0.2, 0) is 11.3 Å². The molecule has 26 heavy (non-hydrogen) atoms. The van der Waals surface area contributed by atoms with E-state index < -0.39 is 5.97 Å². The molecule has 0 aliphatic heterocycles. The molecule has 6 nitrogen and oxygen atoms in total. The number of hydrogen-bond donors (Lipinski definition) is 1. The molecule has 0 radical (unpaired) electrons. The van der Waals surface area contributed by atoms with Crippen LogP contribution in [0.25, 0.3) is 0 Å². The van der Waals surface area contributed by atoms with E-state index in [9.17, 15) is 14.7 Å². The first kappa shape index (κ1) is 17.6. The normalized spacial score (nSPS) is 11.0. The van der Waals surface area contributed by atoms with Crippen LogP contribution >= 0.6 is 11.3 Å². The molecule has 0 bridgehead atoms. The van der Waals surface area contributed by atoms with Crippen molar-refractivity contribution in [3.8, 4) is 5.88 Å². The van der Waals surface area contributed by atoms with Crippen LogP contribution in [0.5, 0.6) is 5.88 Å². The molecular weight excluding hydrogens is 352 g/mol. The number of nitrogens with zero attached hydrogens (tertiary/aromatic N) is 2. The Labute approximate surface area is 153 Å². The number of carbonyl (C=O) groups excluding carboxylic acids is 1. The zero-order chi connectivity index (χ0) is 18.5. The topological polar surface area (TPSA) is 80.9 Å². The average Bonchev–Trinajstić information content (AvgIpc) is 2.94. The molecule has 0 saturated carbocycles. The van der Waals surface area contributed by atoms with Gasteiger partial charge in [0.2, 0.25) is 5.88 Å². The number of ether oxygens (including phenoxy) is 1. The molecule has 7 heteroatoms. The molecule has 0 spiro atoms. The first-order valence-corrected chi connectivity index (χ1v) is 8.59. The van der Waals surface area contributed by atoms with Gasteiger partial charge < -0.3 is 9.84 Å². The summed E-state index contributed by atoms with van der Waals surface area (Å²) in [6.07, 6.45) is 1.44. The van der Waals surface area contributed by atoms with Gasteiger partial charge in [-0.05, 0) is 29.8 Å². The maximum Gasteiger partial charge on any atom is 0.337 e. The van der Waals surface area contributed by atoms with E-state index in [1.54, 1.807) is 24.3 Å². The molecule has 0 saturated heterocycles. The van der Waals surface area contributed by atoms with Crippen molar-refractivity contribution in [1.29, 1.82) is 0 Å². The molecule has 3 rings (SSSR count). The van der Waals surface area contributed by atoms with E-state index in [4.69, 9.17) is 0 Å². The summed E-state index contributed by atoms with van der Waals surface area (Å²) >= 11 is 0.925. The zero-order valence-electron chi connectivity index (χ0n) is 14.0. The lowest BCUT2D eigenvalue weighted by atomic mass is 10.2. The molecule has 1 heterocycles. The second kappa shape index (κ2) is 7.79. The van der Waals surface area contributed by atoms with Gasteiger partial charge in [0.15, 0.2) is 0 Å². The monoisotopic (exact) mass is 368 g/mol. The minimum absolute atomic E-state index is 0.112. The fourth-order valence-corrected chi connectivity index (χ4v) is 3.09. The lowest BCUT2D eigenvalue weighted by Crippen LogP contribution is -2.13. The highest BCUT2D eigenvalue weighted by Crippen LogP contribution is 2.21. The number of hydrogen-bond acceptors (Lipinski definition) is 6. The molecule has 1 N–H and O–H groups in total. The molecule has 0 fully saturated rings. The molecular formula is C19H16N2O4S. The molecule has 0 amide bonds. The highest BCUT2D eigenvalue weighted by molar-refractivity contribution is 7.11. The van der Waals surface area contributed by atoms with Crippen LogP contribution in [0.3, 0.4) is 0 Å². The summed E-state index contributed by atoms with van der Waals surface area (Å²) in [7, 11) is 1.32. The van der Waals surface area contributed by atoms with E-state index >= 15 is 0 Å². The molecule has 1 aromatic heterocycles. The Morgan fingerprint density at radius 3 is 2.54 bits per heavy atom. The Morgan fingerprint density at radius 2 is 1.88 bits per heavy atom. The number of benzene rings is 2. The first-order valence-electron chi connectivity index (χ1n) is 7.77. The summed E-state index contributed by atoms with van der Waals surface area (Å²) in [6, 6.07) is 15.9. The molecule has 2 aromatic carbocycles. The van der Waals surface area contributed by atoms with Crippen LogP contribution in [0.15, 0.2) is 64.4 Å². The molecule has 132 valence electrons. The molecule has 0 unspecified atom stereocenters. The fraction of sp³-hybridized carbons (Fsp3) is 0.105. The Hall–Kier alpha value is -3.19. The van der Waals surface area contributed by atoms with Crippen molar-refractivity contribution in [3.05, 3.63) is 80.3 Å². The number of aromatic hydroxyl groups is 1. The van der Waals surface area contributed by atoms with Gasteiger partial charge in [-0.3, -0.25) is 14.4 Å². The number of methoxy groups -OCH3 is 1. The fourth-order valence-electron chi connectivity index (χ4n) is 2.34. The quantitative estimate of drug-likeness (QED) is 0.554. The summed E-state index contributed by atoms with van der Waals surface area (Å²) in [5.41, 5.74) is 1.94. The standard InChI is InChI=1S/C19H16N2O4S/c1-25-18(23)14-7-9-15(10-8-14)20-11-16-17(22)21(19(24)26-16)12-13-5-3-2-4-6-13/h2-11,22H,12H2,1H3. The van der Waals surface area contributed by atoms with Crippen LogP contribution in [-0.4, -0.2) is 29.0 Å². The summed E-state index contributed by atoms with van der Waals surface area (Å²) in [5.74, 6) is -0.534. The third-order valence-corrected chi connectivity index (χ3v) is 4.60. The van der Waals surface area contributed by atoms with E-state index in [0.29, 0.717) is 22.7 Å². The van der Waals surface area contributed by atoms with Crippen molar-refractivity contribution in [3.63, 3.8) is 0 Å². The van der Waals surface area contributed by atoms with Gasteiger partial charge in [0, 0.05) is 0 Å². The lowest BCUT2D eigenvalue weighted by molar-refractivity contribution is 0.0601. The third kappa shape index (κ3) is 3.89. The Bertz CT molecular complexity index is 989. The van der Waals surface area contributed by atoms with Gasteiger partial charge >= 0.3 is 10.8 Å². The summed E-state index contributed by atoms with van der Waals surface area (Å²) in [5, 5.41) is 10.3. The van der Waals surface area contributed by atoms with E-state index in [1.165, 1.54) is 17.9 Å². The minimum Gasteiger partial charge on any atom is -0.493 e. The van der Waals surface area contributed by atoms with Crippen LogP contribution < -0.4 is 4.87 Å². The summed E-state index contributed by atoms with van der Waals surface area (Å²) in [6.45, 7) is 0.295. The van der Waals surface area contributed by atoms with E-state index in [1.807, 2.05) is 30.3 Å². The highest BCUT2D eigenvalue weighted by Gasteiger charge is 2.12. The molecule has 0 aliphatic carbocycles. The van der Waals surface area contributed by atoms with Gasteiger partial charge in [0.05, 0.1) is 31.1 Å². The van der Waals surface area contributed by atoms with Gasteiger partial charge in [-0.25, -0.2) is 4.79 Å². The van der Waals surface area contributed by atoms with Crippen molar-refractivity contribution < 1.29 is 14.6 Å². The van der Waals surface area contributed by atoms with Crippen LogP contribution in [0, 0.1) is 0 Å². The molecule has 0 atom stereocenters. The van der Waals surface area contributed by atoms with Crippen molar-refractivity contribution in [1.82, 2.24) is 4.57 Å². The number of thiazole rings is 1. The predicted octanol–water partition coefficient (Wildman–Crippen LogP) is 3.20. The van der Waals surface area contributed by atoms with Gasteiger partial charge in [-0.1, -0.05) is 41.7 Å². The van der Waals surface area contributed by atoms with Crippen molar-refractivity contribution >= 4 is 29.2 Å². The van der Waals surface area contributed by atoms with E-state index in [-0.39, 0.29) is 10.8 Å². The van der Waals surface area contributed by atoms with Gasteiger partial charge in [-0.15, -0.1) is 0 Å². The van der Waals surface area contributed by atoms with E-state index in [0.717, 1.165) is 16.9 Å². The van der Waals surface area contributed by atoms with Gasteiger partial charge in [-0.2, -0.15) is 0 Å². The van der Waals surface area contributed by atoms with Gasteiger partial charge in [0.25, 0.3) is 0 Å². The Balaban J connectivity index is 1.80. The summed E-state index contributed by atoms with van der Waals surface area (Å²) in [4.78, 5) is 27.9. The van der Waals surface area contributed by atoms with Crippen molar-refractivity contribution in [2.24, 2.45) is 4.99 Å². The number of esters is 1. The average molecular weight is 368 g/mol. The Morgan fingerprint density at radius 1 is 1.19 bits per heavy atom. The number of carbonyl (C=O) groups is 1. The minimum atomic E-state index is -0.422. The van der Waals surface area contributed by atoms with E-state index in [2.05, 4.69) is 9.73 Å². The molecule has 0 aliphatic rings. The summed E-state index contributed by atoms with van der Waals surface area (Å²) < 4.78 is 5.95. The lowest BCUT2D eigenvalue weighted by Gasteiger charge is -2.03. The number of rotatable bonds is 5. The third-order valence-electron chi connectivity index (χ3n) is 3.70. The Kier molecular flexibility index (Phi) is 5.28. The number of aliphatic imine (C=N–C) groups is 1. The van der Waals surface area contributed by atoms with Crippen LogP contribution in [0.4, 0.5) is 5.69 Å². The SMILES string of the molecule is COC(=O)c1ccc(N=Cc2sc(=O)n(Cc3ccccc3)c2O)cc1. The van der Waals surface area contributed by atoms with Crippen LogP contribution in [0.1, 0.15) is 20.8 Å². The smallest absolute Gasteiger partial charge is 0.337 e. The zero-order valence-corrected chi connectivity index (χ0v) is 14.8. The predicted molar refractivity (Wildman–Crippen MR) is 101 cm³/mol. The maximum absolute atomic E-state index is 12.1. The number of aromatic nitrogens is 1. The van der Waals surface area contributed by atoms with Crippen molar-refractivity contribution in [2.45, 2.75) is 6.54 Å². The van der Waals surface area contributed by atoms with Gasteiger partial charge in [0.1, 0.15) is 4.88 Å². The van der Waals surface area contributed by atoms with Crippen LogP contribution in [0.2, 0.25) is 0 Å². The first-order chi connectivity index (χ1) is 12.6.